The maximum atomic E-state index is 13.7. The maximum absolute atomic E-state index is 13.7. The molecule has 1 amide bonds. The van der Waals surface area contributed by atoms with Crippen molar-refractivity contribution in [3.63, 3.8) is 0 Å². The summed E-state index contributed by atoms with van der Waals surface area (Å²) in [5, 5.41) is 0. The Morgan fingerprint density at radius 3 is 2.69 bits per heavy atom. The molecule has 1 aromatic heterocycles. The number of amides is 1. The van der Waals surface area contributed by atoms with Gasteiger partial charge in [0.2, 0.25) is 0 Å². The second-order valence-corrected chi connectivity index (χ2v) is 8.99. The standard InChI is InChI=1S/C26H28N2O4/c1-3-31-19-9-7-18(8-10-19)23-22-24(29)20-13-16(2)6-11-21(20)32-25(22)26(30)28(23)15-17-5-4-12-27-14-17/h4-5,7-10,12,14,16,20-21,23H,3,6,11,13,15H2,1-2H3. The second kappa shape index (κ2) is 8.41. The summed E-state index contributed by atoms with van der Waals surface area (Å²) >= 11 is 0. The Morgan fingerprint density at radius 1 is 1.16 bits per heavy atom. The van der Waals surface area contributed by atoms with Crippen molar-refractivity contribution >= 4 is 11.7 Å². The van der Waals surface area contributed by atoms with E-state index in [-0.39, 0.29) is 29.5 Å². The molecule has 5 rings (SSSR count). The highest BCUT2D eigenvalue weighted by molar-refractivity contribution is 6.11. The first-order chi connectivity index (χ1) is 15.6. The summed E-state index contributed by atoms with van der Waals surface area (Å²) in [6.07, 6.45) is 5.92. The number of nitrogens with zero attached hydrogens (tertiary/aromatic N) is 2. The van der Waals surface area contributed by atoms with Crippen LogP contribution >= 0.6 is 0 Å². The Hall–Kier alpha value is -3.15. The van der Waals surface area contributed by atoms with Crippen molar-refractivity contribution in [2.75, 3.05) is 6.61 Å². The van der Waals surface area contributed by atoms with Crippen LogP contribution in [0.2, 0.25) is 0 Å². The summed E-state index contributed by atoms with van der Waals surface area (Å²) in [6.45, 7) is 5.07. The van der Waals surface area contributed by atoms with Gasteiger partial charge in [0.25, 0.3) is 5.91 Å². The summed E-state index contributed by atoms with van der Waals surface area (Å²) in [5.41, 5.74) is 2.31. The van der Waals surface area contributed by atoms with Gasteiger partial charge in [0.05, 0.1) is 24.1 Å². The van der Waals surface area contributed by atoms with Gasteiger partial charge in [-0.05, 0) is 61.4 Å². The van der Waals surface area contributed by atoms with E-state index >= 15 is 0 Å². The van der Waals surface area contributed by atoms with E-state index in [9.17, 15) is 9.59 Å². The Kier molecular flexibility index (Phi) is 5.45. The fraction of sp³-hybridized carbons (Fsp3) is 0.423. The zero-order valence-electron chi connectivity index (χ0n) is 18.5. The summed E-state index contributed by atoms with van der Waals surface area (Å²) in [5.74, 6) is 1.18. The van der Waals surface area contributed by atoms with E-state index in [1.54, 1.807) is 17.3 Å². The Labute approximate surface area is 188 Å². The summed E-state index contributed by atoms with van der Waals surface area (Å²) < 4.78 is 11.8. The lowest BCUT2D eigenvalue weighted by molar-refractivity contribution is -0.136. The number of hydrogen-bond donors (Lipinski definition) is 0. The minimum atomic E-state index is -0.473. The first-order valence-electron chi connectivity index (χ1n) is 11.4. The molecular formula is C26H28N2O4. The molecule has 2 aliphatic heterocycles. The fourth-order valence-corrected chi connectivity index (χ4v) is 5.24. The Balaban J connectivity index is 1.55. The molecule has 6 nitrogen and oxygen atoms in total. The zero-order chi connectivity index (χ0) is 22.2. The topological polar surface area (TPSA) is 68.7 Å². The lowest BCUT2D eigenvalue weighted by atomic mass is 9.74. The van der Waals surface area contributed by atoms with Crippen LogP contribution in [0.1, 0.15) is 50.3 Å². The molecule has 32 heavy (non-hydrogen) atoms. The molecule has 166 valence electrons. The zero-order valence-corrected chi connectivity index (χ0v) is 18.5. The molecule has 0 spiro atoms. The van der Waals surface area contributed by atoms with Gasteiger partial charge in [-0.25, -0.2) is 0 Å². The number of pyridine rings is 1. The summed E-state index contributed by atoms with van der Waals surface area (Å²) in [4.78, 5) is 33.2. The average molecular weight is 433 g/mol. The predicted octanol–water partition coefficient (Wildman–Crippen LogP) is 4.22. The molecule has 1 saturated carbocycles. The lowest BCUT2D eigenvalue weighted by Crippen LogP contribution is -2.41. The molecule has 0 N–H and O–H groups in total. The fourth-order valence-electron chi connectivity index (χ4n) is 5.24. The maximum Gasteiger partial charge on any atom is 0.290 e. The molecule has 1 aromatic carbocycles. The smallest absolute Gasteiger partial charge is 0.290 e. The first-order valence-corrected chi connectivity index (χ1v) is 11.4. The van der Waals surface area contributed by atoms with Gasteiger partial charge in [0, 0.05) is 18.9 Å². The van der Waals surface area contributed by atoms with E-state index in [2.05, 4.69) is 11.9 Å². The van der Waals surface area contributed by atoms with Crippen LogP contribution in [0.15, 0.2) is 60.1 Å². The molecular weight excluding hydrogens is 404 g/mol. The largest absolute Gasteiger partial charge is 0.494 e. The van der Waals surface area contributed by atoms with Crippen molar-refractivity contribution in [1.82, 2.24) is 9.88 Å². The van der Waals surface area contributed by atoms with E-state index in [0.29, 0.717) is 24.6 Å². The van der Waals surface area contributed by atoms with Gasteiger partial charge in [-0.3, -0.25) is 14.6 Å². The highest BCUT2D eigenvalue weighted by Gasteiger charge is 2.52. The van der Waals surface area contributed by atoms with E-state index in [0.717, 1.165) is 36.1 Å². The van der Waals surface area contributed by atoms with Crippen molar-refractivity contribution in [2.24, 2.45) is 11.8 Å². The highest BCUT2D eigenvalue weighted by Crippen LogP contribution is 2.48. The third kappa shape index (κ3) is 3.57. The van der Waals surface area contributed by atoms with Gasteiger partial charge in [-0.1, -0.05) is 25.1 Å². The number of Topliss-reactive ketones (excluding diaryl/α,β-unsaturated/α-hetero) is 1. The second-order valence-electron chi connectivity index (χ2n) is 8.99. The van der Waals surface area contributed by atoms with Crippen LogP contribution < -0.4 is 4.74 Å². The average Bonchev–Trinajstić information content (AvgIpc) is 3.08. The SMILES string of the molecule is CCOc1ccc(C2C3=C(OC4CCC(C)CC4C3=O)C(=O)N2Cc2cccnc2)cc1. The van der Waals surface area contributed by atoms with E-state index in [1.165, 1.54) is 0 Å². The molecule has 0 radical (unpaired) electrons. The van der Waals surface area contributed by atoms with Crippen molar-refractivity contribution in [1.29, 1.82) is 0 Å². The van der Waals surface area contributed by atoms with Crippen molar-refractivity contribution in [3.8, 4) is 5.75 Å². The van der Waals surface area contributed by atoms with Crippen molar-refractivity contribution in [2.45, 2.75) is 51.8 Å². The van der Waals surface area contributed by atoms with Gasteiger partial charge >= 0.3 is 0 Å². The van der Waals surface area contributed by atoms with Crippen molar-refractivity contribution < 1.29 is 19.1 Å². The molecule has 3 aliphatic rings. The third-order valence-corrected chi connectivity index (χ3v) is 6.79. The minimum absolute atomic E-state index is 0.0729. The highest BCUT2D eigenvalue weighted by atomic mass is 16.5. The molecule has 2 aromatic rings. The Bertz CT molecular complexity index is 1050. The van der Waals surface area contributed by atoms with Gasteiger partial charge in [0.1, 0.15) is 11.9 Å². The molecule has 4 atom stereocenters. The number of hydrogen-bond acceptors (Lipinski definition) is 5. The van der Waals surface area contributed by atoms with Crippen LogP contribution in [-0.2, 0) is 20.9 Å². The van der Waals surface area contributed by atoms with E-state index < -0.39 is 6.04 Å². The van der Waals surface area contributed by atoms with Crippen LogP contribution in [0.4, 0.5) is 0 Å². The molecule has 1 aliphatic carbocycles. The van der Waals surface area contributed by atoms with Gasteiger partial charge in [0.15, 0.2) is 11.5 Å². The molecule has 4 unspecified atom stereocenters. The molecule has 0 bridgehead atoms. The molecule has 1 fully saturated rings. The van der Waals surface area contributed by atoms with Gasteiger partial charge in [-0.15, -0.1) is 0 Å². The van der Waals surface area contributed by atoms with E-state index in [1.807, 2.05) is 43.3 Å². The number of carbonyl (C=O) groups is 2. The van der Waals surface area contributed by atoms with Crippen LogP contribution in [0, 0.1) is 11.8 Å². The number of benzene rings is 1. The molecule has 6 heteroatoms. The van der Waals surface area contributed by atoms with Crippen LogP contribution in [-0.4, -0.2) is 34.3 Å². The van der Waals surface area contributed by atoms with E-state index in [4.69, 9.17) is 9.47 Å². The quantitative estimate of drug-likeness (QED) is 0.708. The third-order valence-electron chi connectivity index (χ3n) is 6.79. The monoisotopic (exact) mass is 432 g/mol. The van der Waals surface area contributed by atoms with Crippen molar-refractivity contribution in [3.05, 3.63) is 71.3 Å². The first kappa shape index (κ1) is 20.7. The predicted molar refractivity (Wildman–Crippen MR) is 119 cm³/mol. The normalized spacial score (nSPS) is 27.1. The summed E-state index contributed by atoms with van der Waals surface area (Å²) in [7, 11) is 0. The molecule has 3 heterocycles. The number of ether oxygens (including phenoxy) is 2. The van der Waals surface area contributed by atoms with Crippen LogP contribution in [0.3, 0.4) is 0 Å². The number of fused-ring (bicyclic) bond motifs is 1. The van der Waals surface area contributed by atoms with Crippen LogP contribution in [0.25, 0.3) is 0 Å². The number of rotatable bonds is 5. The number of aromatic nitrogens is 1. The summed E-state index contributed by atoms with van der Waals surface area (Å²) in [6, 6.07) is 11.0. The molecule has 0 saturated heterocycles. The minimum Gasteiger partial charge on any atom is -0.494 e. The van der Waals surface area contributed by atoms with Crippen LogP contribution in [0.5, 0.6) is 5.75 Å². The van der Waals surface area contributed by atoms with Gasteiger partial charge in [-0.2, -0.15) is 0 Å². The number of carbonyl (C=O) groups excluding carboxylic acids is 2. The van der Waals surface area contributed by atoms with Gasteiger partial charge < -0.3 is 14.4 Å². The Morgan fingerprint density at radius 2 is 1.97 bits per heavy atom. The number of ketones is 1. The lowest BCUT2D eigenvalue weighted by Gasteiger charge is -2.37.